The Kier molecular flexibility index (Phi) is 6.88. The van der Waals surface area contributed by atoms with Gasteiger partial charge in [0.05, 0.1) is 23.7 Å². The van der Waals surface area contributed by atoms with E-state index in [0.717, 1.165) is 5.56 Å². The molecule has 2 amide bonds. The Balaban J connectivity index is 1.61. The number of aromatic nitrogens is 2. The van der Waals surface area contributed by atoms with Crippen LogP contribution in [0.4, 0.5) is 4.39 Å². The maximum Gasteiger partial charge on any atom is 0.273 e. The summed E-state index contributed by atoms with van der Waals surface area (Å²) < 4.78 is 15.6. The molecule has 1 aliphatic carbocycles. The van der Waals surface area contributed by atoms with Crippen molar-refractivity contribution < 1.29 is 18.8 Å². The van der Waals surface area contributed by atoms with Gasteiger partial charge in [0.25, 0.3) is 5.91 Å². The number of hydrogen-bond acceptors (Lipinski definition) is 5. The predicted octanol–water partition coefficient (Wildman–Crippen LogP) is 3.48. The van der Waals surface area contributed by atoms with E-state index in [1.165, 1.54) is 22.9 Å². The first-order chi connectivity index (χ1) is 17.0. The van der Waals surface area contributed by atoms with Crippen molar-refractivity contribution in [2.75, 3.05) is 0 Å². The van der Waals surface area contributed by atoms with Crippen LogP contribution in [0.25, 0.3) is 10.9 Å². The lowest BCUT2D eigenvalue weighted by atomic mass is 9.85. The molecule has 1 aromatic heterocycles. The van der Waals surface area contributed by atoms with Crippen molar-refractivity contribution in [3.8, 4) is 6.07 Å². The van der Waals surface area contributed by atoms with E-state index in [2.05, 4.69) is 21.8 Å². The molecule has 0 spiro atoms. The van der Waals surface area contributed by atoms with Crippen LogP contribution in [-0.2, 0) is 16.1 Å². The molecule has 0 saturated heterocycles. The summed E-state index contributed by atoms with van der Waals surface area (Å²) in [6.07, 6.45) is 1.33. The van der Waals surface area contributed by atoms with Crippen LogP contribution in [0.2, 0.25) is 0 Å². The van der Waals surface area contributed by atoms with E-state index < -0.39 is 23.2 Å². The fourth-order valence-electron chi connectivity index (χ4n) is 4.39. The number of carbonyl (C=O) groups is 3. The molecule has 2 aromatic carbocycles. The Labute approximate surface area is 208 Å². The molecule has 2 N–H and O–H groups in total. The minimum atomic E-state index is -0.875. The molecule has 1 fully saturated rings. The predicted molar refractivity (Wildman–Crippen MR) is 131 cm³/mol. The van der Waals surface area contributed by atoms with Crippen molar-refractivity contribution in [2.45, 2.75) is 58.7 Å². The molecule has 1 aliphatic rings. The van der Waals surface area contributed by atoms with E-state index in [4.69, 9.17) is 5.26 Å². The van der Waals surface area contributed by atoms with Crippen molar-refractivity contribution in [3.63, 3.8) is 0 Å². The highest BCUT2D eigenvalue weighted by atomic mass is 19.1. The number of carbonyl (C=O) groups excluding carboxylic acids is 3. The SMILES string of the molecule is CC(C)(C)[C@H](NC(=O)c1nn(Cc2ccc(C#N)cc2)c2cc(F)ccc12)C(=O)N[C@@H]1CCC(=O)C1. The molecule has 8 nitrogen and oxygen atoms in total. The first-order valence-electron chi connectivity index (χ1n) is 11.8. The normalized spacial score (nSPS) is 16.5. The Morgan fingerprint density at radius 1 is 1.22 bits per heavy atom. The number of ketones is 1. The van der Waals surface area contributed by atoms with E-state index in [9.17, 15) is 18.8 Å². The second-order valence-corrected chi connectivity index (χ2v) is 10.2. The van der Waals surface area contributed by atoms with Gasteiger partial charge in [-0.1, -0.05) is 32.9 Å². The summed E-state index contributed by atoms with van der Waals surface area (Å²) in [5, 5.41) is 19.7. The number of halogens is 1. The molecule has 1 saturated carbocycles. The van der Waals surface area contributed by atoms with Crippen LogP contribution in [0.1, 0.15) is 61.6 Å². The molecule has 3 aromatic rings. The second-order valence-electron chi connectivity index (χ2n) is 10.2. The highest BCUT2D eigenvalue weighted by Crippen LogP contribution is 2.25. The van der Waals surface area contributed by atoms with Crippen LogP contribution < -0.4 is 10.6 Å². The fourth-order valence-corrected chi connectivity index (χ4v) is 4.39. The van der Waals surface area contributed by atoms with Crippen molar-refractivity contribution in [3.05, 3.63) is 65.1 Å². The van der Waals surface area contributed by atoms with Gasteiger partial charge >= 0.3 is 0 Å². The van der Waals surface area contributed by atoms with Crippen molar-refractivity contribution >= 4 is 28.5 Å². The molecule has 0 bridgehead atoms. The summed E-state index contributed by atoms with van der Waals surface area (Å²) in [7, 11) is 0. The lowest BCUT2D eigenvalue weighted by molar-refractivity contribution is -0.126. The third-order valence-corrected chi connectivity index (χ3v) is 6.34. The number of rotatable bonds is 6. The van der Waals surface area contributed by atoms with E-state index in [-0.39, 0.29) is 30.0 Å². The standard InChI is InChI=1S/C27H28FN5O3/c1-27(2,3)24(26(36)30-19-9-10-20(34)13-19)31-25(35)23-21-11-8-18(28)12-22(21)33(32-23)15-17-6-4-16(14-29)5-7-17/h4-8,11-12,19,24H,9-10,13,15H2,1-3H3,(H,30,36)(H,31,35)/t19-,24-/m1/s1. The molecule has 9 heteroatoms. The zero-order chi connectivity index (χ0) is 26.0. The summed E-state index contributed by atoms with van der Waals surface area (Å²) >= 11 is 0. The molecule has 4 rings (SSSR count). The molecule has 0 aliphatic heterocycles. The summed E-state index contributed by atoms with van der Waals surface area (Å²) in [6.45, 7) is 5.79. The minimum Gasteiger partial charge on any atom is -0.351 e. The van der Waals surface area contributed by atoms with Crippen LogP contribution in [0.5, 0.6) is 0 Å². The average Bonchev–Trinajstić information content (AvgIpc) is 3.39. The van der Waals surface area contributed by atoms with Gasteiger partial charge in [-0.05, 0) is 47.7 Å². The van der Waals surface area contributed by atoms with Gasteiger partial charge in [0.1, 0.15) is 17.6 Å². The molecule has 186 valence electrons. The largest absolute Gasteiger partial charge is 0.351 e. The number of hydrogen-bond donors (Lipinski definition) is 2. The zero-order valence-electron chi connectivity index (χ0n) is 20.5. The van der Waals surface area contributed by atoms with Crippen molar-refractivity contribution in [2.24, 2.45) is 5.41 Å². The van der Waals surface area contributed by atoms with E-state index in [0.29, 0.717) is 35.7 Å². The number of nitrogens with zero attached hydrogens (tertiary/aromatic N) is 3. The molecular formula is C27H28FN5O3. The maximum absolute atomic E-state index is 14.1. The monoisotopic (exact) mass is 489 g/mol. The third-order valence-electron chi connectivity index (χ3n) is 6.34. The summed E-state index contributed by atoms with van der Waals surface area (Å²) in [5.41, 5.74) is 1.24. The van der Waals surface area contributed by atoms with Gasteiger partial charge in [0.2, 0.25) is 5.91 Å². The van der Waals surface area contributed by atoms with Gasteiger partial charge in [-0.15, -0.1) is 0 Å². The van der Waals surface area contributed by atoms with Crippen LogP contribution >= 0.6 is 0 Å². The lowest BCUT2D eigenvalue weighted by Crippen LogP contribution is -2.55. The van der Waals surface area contributed by atoms with Crippen LogP contribution in [0.15, 0.2) is 42.5 Å². The molecule has 0 unspecified atom stereocenters. The Hall–Kier alpha value is -4.06. The topological polar surface area (TPSA) is 117 Å². The van der Waals surface area contributed by atoms with Gasteiger partial charge in [-0.25, -0.2) is 4.39 Å². The van der Waals surface area contributed by atoms with Crippen molar-refractivity contribution in [1.29, 1.82) is 5.26 Å². The van der Waals surface area contributed by atoms with E-state index >= 15 is 0 Å². The number of Topliss-reactive ketones (excluding diaryl/α,β-unsaturated/α-hetero) is 1. The molecule has 0 radical (unpaired) electrons. The van der Waals surface area contributed by atoms with Crippen LogP contribution in [0.3, 0.4) is 0 Å². The summed E-state index contributed by atoms with van der Waals surface area (Å²) in [6, 6.07) is 11.9. The van der Waals surface area contributed by atoms with E-state index in [1.54, 1.807) is 24.3 Å². The summed E-state index contributed by atoms with van der Waals surface area (Å²) in [4.78, 5) is 38.1. The number of amides is 2. The van der Waals surface area contributed by atoms with Crippen LogP contribution in [0, 0.1) is 22.6 Å². The highest BCUT2D eigenvalue weighted by Gasteiger charge is 2.36. The average molecular weight is 490 g/mol. The number of nitrogens with one attached hydrogen (secondary N) is 2. The van der Waals surface area contributed by atoms with Gasteiger partial charge in [-0.3, -0.25) is 19.1 Å². The second kappa shape index (κ2) is 9.90. The van der Waals surface area contributed by atoms with Gasteiger partial charge in [0.15, 0.2) is 5.69 Å². The molecule has 1 heterocycles. The van der Waals surface area contributed by atoms with Crippen molar-refractivity contribution in [1.82, 2.24) is 20.4 Å². The Bertz CT molecular complexity index is 1370. The maximum atomic E-state index is 14.1. The van der Waals surface area contributed by atoms with Gasteiger partial charge in [-0.2, -0.15) is 10.4 Å². The Morgan fingerprint density at radius 2 is 1.94 bits per heavy atom. The van der Waals surface area contributed by atoms with Gasteiger partial charge in [0, 0.05) is 24.3 Å². The van der Waals surface area contributed by atoms with E-state index in [1.807, 2.05) is 20.8 Å². The van der Waals surface area contributed by atoms with Gasteiger partial charge < -0.3 is 10.6 Å². The zero-order valence-corrected chi connectivity index (χ0v) is 20.5. The third kappa shape index (κ3) is 5.43. The highest BCUT2D eigenvalue weighted by molar-refractivity contribution is 6.06. The number of nitriles is 1. The minimum absolute atomic E-state index is 0.0803. The first-order valence-corrected chi connectivity index (χ1v) is 11.8. The van der Waals surface area contributed by atoms with Crippen LogP contribution in [-0.4, -0.2) is 39.5 Å². The molecule has 2 atom stereocenters. The Morgan fingerprint density at radius 3 is 2.56 bits per heavy atom. The summed E-state index contributed by atoms with van der Waals surface area (Å²) in [5.74, 6) is -1.26. The fraction of sp³-hybridized carbons (Fsp3) is 0.370. The number of benzene rings is 2. The smallest absolute Gasteiger partial charge is 0.273 e. The molecule has 36 heavy (non-hydrogen) atoms. The quantitative estimate of drug-likeness (QED) is 0.550. The first kappa shape index (κ1) is 25.0. The lowest BCUT2D eigenvalue weighted by Gasteiger charge is -2.31. The number of fused-ring (bicyclic) bond motifs is 1. The molecular weight excluding hydrogens is 461 g/mol.